The molecule has 1 aromatic rings. The molecule has 152 valence electrons. The van der Waals surface area contributed by atoms with Gasteiger partial charge in [0.25, 0.3) is 0 Å². The number of benzene rings is 1. The number of ether oxygens (including phenoxy) is 2. The van der Waals surface area contributed by atoms with Crippen LogP contribution in [0.15, 0.2) is 29.1 Å². The number of morpholine rings is 1. The summed E-state index contributed by atoms with van der Waals surface area (Å²) in [7, 11) is -3.70. The molecule has 3 fully saturated rings. The van der Waals surface area contributed by atoms with E-state index in [2.05, 4.69) is 4.72 Å². The summed E-state index contributed by atoms with van der Waals surface area (Å²) in [6.07, 6.45) is -0.285. The molecule has 1 amide bonds. The number of nitrogens with one attached hydrogen (secondary N) is 1. The molecule has 11 heteroatoms. The van der Waals surface area contributed by atoms with E-state index < -0.39 is 33.6 Å². The summed E-state index contributed by atoms with van der Waals surface area (Å²) in [4.78, 5) is 15.5. The maximum atomic E-state index is 14.6. The van der Waals surface area contributed by atoms with Gasteiger partial charge in [-0.15, -0.1) is 0 Å². The lowest BCUT2D eigenvalue weighted by molar-refractivity contribution is 0.122. The number of anilines is 2. The Kier molecular flexibility index (Phi) is 4.98. The first-order chi connectivity index (χ1) is 13.3. The van der Waals surface area contributed by atoms with Gasteiger partial charge in [0.15, 0.2) is 5.60 Å². The molecule has 2 atom stereocenters. The van der Waals surface area contributed by atoms with E-state index in [9.17, 15) is 17.6 Å². The Hall–Kier alpha value is -1.88. The van der Waals surface area contributed by atoms with Crippen LogP contribution in [0.4, 0.5) is 20.6 Å². The molecule has 1 spiro atoms. The molecule has 4 rings (SSSR count). The van der Waals surface area contributed by atoms with E-state index in [1.165, 1.54) is 11.0 Å². The molecule has 2 heterocycles. The number of carbonyl (C=O) groups excluding carboxylic acids is 1. The lowest BCUT2D eigenvalue weighted by atomic mass is 10.2. The van der Waals surface area contributed by atoms with Crippen LogP contribution in [-0.4, -0.2) is 59.0 Å². The van der Waals surface area contributed by atoms with Crippen LogP contribution < -0.4 is 14.5 Å². The number of carbonyl (C=O) groups is 1. The van der Waals surface area contributed by atoms with E-state index in [1.54, 1.807) is 12.1 Å². The van der Waals surface area contributed by atoms with Gasteiger partial charge in [-0.2, -0.15) is 0 Å². The average Bonchev–Trinajstić information content (AvgIpc) is 3.16. The molecule has 0 unspecified atom stereocenters. The second-order valence-electron chi connectivity index (χ2n) is 6.94. The molecule has 2 aliphatic heterocycles. The fourth-order valence-electron chi connectivity index (χ4n) is 3.54. The van der Waals surface area contributed by atoms with Gasteiger partial charge in [0.2, 0.25) is 10.0 Å². The molecule has 28 heavy (non-hydrogen) atoms. The van der Waals surface area contributed by atoms with Crippen LogP contribution in [-0.2, 0) is 19.5 Å². The van der Waals surface area contributed by atoms with Gasteiger partial charge < -0.3 is 14.4 Å². The number of sulfonamides is 1. The van der Waals surface area contributed by atoms with Crippen LogP contribution in [0, 0.1) is 5.82 Å². The Morgan fingerprint density at radius 2 is 2.07 bits per heavy atom. The maximum absolute atomic E-state index is 14.6. The van der Waals surface area contributed by atoms with Crippen molar-refractivity contribution >= 4 is 39.1 Å². The van der Waals surface area contributed by atoms with Gasteiger partial charge in [0.05, 0.1) is 42.6 Å². The second kappa shape index (κ2) is 7.18. The zero-order valence-electron chi connectivity index (χ0n) is 14.8. The predicted molar refractivity (Wildman–Crippen MR) is 101 cm³/mol. The third-order valence-electron chi connectivity index (χ3n) is 5.09. The molecule has 1 aromatic carbocycles. The molecule has 8 nitrogen and oxygen atoms in total. The van der Waals surface area contributed by atoms with Crippen LogP contribution in [0.25, 0.3) is 0 Å². The molecule has 1 saturated carbocycles. The van der Waals surface area contributed by atoms with E-state index in [4.69, 9.17) is 21.1 Å². The summed E-state index contributed by atoms with van der Waals surface area (Å²) < 4.78 is 51.3. The molecule has 3 aliphatic rings. The number of amides is 1. The highest BCUT2D eigenvalue weighted by molar-refractivity contribution is 7.92. The standard InChI is InChI=1S/C17H19ClFN3O5S/c18-3-8-28(24,25)20-15-10-17(15)11-22(16(23)27-17)12-1-2-14(13(19)9-12)21-4-6-26-7-5-21/h1-3,8-9,15,20H,4-7,10-11H2/b8-3+/t15-,17-/m0/s1. The van der Waals surface area contributed by atoms with Crippen molar-refractivity contribution in [1.82, 2.24) is 4.72 Å². The third kappa shape index (κ3) is 3.69. The molecule has 0 aromatic heterocycles. The highest BCUT2D eigenvalue weighted by Gasteiger charge is 2.64. The molecule has 2 saturated heterocycles. The first-order valence-electron chi connectivity index (χ1n) is 8.75. The summed E-state index contributed by atoms with van der Waals surface area (Å²) in [5, 5.41) is 0.828. The van der Waals surface area contributed by atoms with E-state index in [-0.39, 0.29) is 6.54 Å². The summed E-state index contributed by atoms with van der Waals surface area (Å²) in [6, 6.07) is 4.04. The Bertz CT molecular complexity index is 921. The fraction of sp³-hybridized carbons (Fsp3) is 0.471. The lowest BCUT2D eigenvalue weighted by Gasteiger charge is -2.29. The lowest BCUT2D eigenvalue weighted by Crippen LogP contribution is -2.36. The van der Waals surface area contributed by atoms with Gasteiger partial charge in [-0.1, -0.05) is 11.6 Å². The quantitative estimate of drug-likeness (QED) is 0.764. The Morgan fingerprint density at radius 3 is 2.75 bits per heavy atom. The molecule has 0 radical (unpaired) electrons. The van der Waals surface area contributed by atoms with E-state index in [0.717, 1.165) is 10.9 Å². The zero-order chi connectivity index (χ0) is 19.9. The molecular weight excluding hydrogens is 413 g/mol. The van der Waals surface area contributed by atoms with Crippen LogP contribution in [0.1, 0.15) is 6.42 Å². The summed E-state index contributed by atoms with van der Waals surface area (Å²) in [5.74, 6) is -0.437. The van der Waals surface area contributed by atoms with Crippen molar-refractivity contribution in [3.63, 3.8) is 0 Å². The van der Waals surface area contributed by atoms with Crippen molar-refractivity contribution < 1.29 is 27.1 Å². The average molecular weight is 432 g/mol. The minimum Gasteiger partial charge on any atom is -0.439 e. The fourth-order valence-corrected chi connectivity index (χ4v) is 4.86. The Balaban J connectivity index is 1.47. The number of hydrogen-bond acceptors (Lipinski definition) is 6. The van der Waals surface area contributed by atoms with Crippen LogP contribution in [0.5, 0.6) is 0 Å². The molecular formula is C17H19ClFN3O5S. The van der Waals surface area contributed by atoms with Gasteiger partial charge in [-0.25, -0.2) is 22.3 Å². The van der Waals surface area contributed by atoms with Crippen LogP contribution >= 0.6 is 11.6 Å². The van der Waals surface area contributed by atoms with Gasteiger partial charge in [-0.05, 0) is 18.2 Å². The van der Waals surface area contributed by atoms with Crippen molar-refractivity contribution in [2.75, 3.05) is 42.6 Å². The van der Waals surface area contributed by atoms with Gasteiger partial charge in [0, 0.05) is 25.0 Å². The van der Waals surface area contributed by atoms with E-state index in [0.29, 0.717) is 44.1 Å². The predicted octanol–water partition coefficient (Wildman–Crippen LogP) is 1.76. The smallest absolute Gasteiger partial charge is 0.415 e. The van der Waals surface area contributed by atoms with Crippen molar-refractivity contribution in [1.29, 1.82) is 0 Å². The van der Waals surface area contributed by atoms with E-state index >= 15 is 0 Å². The second-order valence-corrected chi connectivity index (χ2v) is 8.79. The SMILES string of the molecule is O=C1O[C@@]2(C[C@@H]2NS(=O)(=O)/C=C/Cl)CN1c1ccc(N2CCOCC2)c(F)c1. The summed E-state index contributed by atoms with van der Waals surface area (Å²) >= 11 is 5.31. The van der Waals surface area contributed by atoms with Crippen molar-refractivity contribution in [3.05, 3.63) is 35.0 Å². The van der Waals surface area contributed by atoms with Crippen molar-refractivity contribution in [3.8, 4) is 0 Å². The first kappa shape index (κ1) is 19.4. The Morgan fingerprint density at radius 1 is 1.32 bits per heavy atom. The Labute approximate surface area is 166 Å². The number of hydrogen-bond donors (Lipinski definition) is 1. The largest absolute Gasteiger partial charge is 0.439 e. The van der Waals surface area contributed by atoms with Crippen molar-refractivity contribution in [2.45, 2.75) is 18.1 Å². The van der Waals surface area contributed by atoms with Crippen LogP contribution in [0.3, 0.4) is 0 Å². The summed E-state index contributed by atoms with van der Waals surface area (Å²) in [6.45, 7) is 2.42. The molecule has 1 N–H and O–H groups in total. The van der Waals surface area contributed by atoms with Crippen molar-refractivity contribution in [2.24, 2.45) is 0 Å². The zero-order valence-corrected chi connectivity index (χ0v) is 16.4. The minimum atomic E-state index is -3.70. The van der Waals surface area contributed by atoms with E-state index in [1.807, 2.05) is 4.90 Å². The van der Waals surface area contributed by atoms with Gasteiger partial charge >= 0.3 is 6.09 Å². The first-order valence-corrected chi connectivity index (χ1v) is 10.7. The number of halogens is 2. The number of rotatable bonds is 5. The van der Waals surface area contributed by atoms with Gasteiger partial charge in [-0.3, -0.25) is 4.90 Å². The highest BCUT2D eigenvalue weighted by Crippen LogP contribution is 2.46. The number of nitrogens with zero attached hydrogens (tertiary/aromatic N) is 2. The third-order valence-corrected chi connectivity index (χ3v) is 6.48. The normalized spacial score (nSPS) is 27.6. The topological polar surface area (TPSA) is 88.2 Å². The summed E-state index contributed by atoms with van der Waals surface area (Å²) in [5.41, 5.74) is 0.775. The maximum Gasteiger partial charge on any atom is 0.415 e. The highest BCUT2D eigenvalue weighted by atomic mass is 35.5. The molecule has 0 bridgehead atoms. The van der Waals surface area contributed by atoms with Gasteiger partial charge in [0.1, 0.15) is 5.82 Å². The van der Waals surface area contributed by atoms with Crippen LogP contribution in [0.2, 0.25) is 0 Å². The molecule has 1 aliphatic carbocycles. The minimum absolute atomic E-state index is 0.139. The monoisotopic (exact) mass is 431 g/mol.